The van der Waals surface area contributed by atoms with Crippen molar-refractivity contribution in [2.45, 2.75) is 47.3 Å². The second-order valence-electron chi connectivity index (χ2n) is 3.95. The third kappa shape index (κ3) is 50.3. The monoisotopic (exact) mass is 448 g/mol. The van der Waals surface area contributed by atoms with Gasteiger partial charge in [0.1, 0.15) is 0 Å². The molecule has 0 aliphatic carbocycles. The summed E-state index contributed by atoms with van der Waals surface area (Å²) in [4.78, 5) is 32.0. The standard InChI is InChI=1S/C5H14AsNO.C4H12AsNO2.2CO2/c1-5(7)3-4-6(2)8;1-5(8)4(7)2-3-6;2*2-1-3/h5,8H,3-4,7H2,1-2H3;4,7-8H,2-3,6H2,1H3;;. The topological polar surface area (TPSA) is 181 Å². The van der Waals surface area contributed by atoms with Gasteiger partial charge in [-0.25, -0.2) is 0 Å². The predicted octanol–water partition coefficient (Wildman–Crippen LogP) is -1.98. The van der Waals surface area contributed by atoms with Crippen molar-refractivity contribution in [1.29, 1.82) is 0 Å². The number of carbonyl (C=O) groups excluding carboxylic acids is 4. The average molecular weight is 448 g/mol. The Labute approximate surface area is 140 Å². The quantitative estimate of drug-likeness (QED) is 0.288. The molecule has 0 amide bonds. The van der Waals surface area contributed by atoms with Gasteiger partial charge in [0.2, 0.25) is 0 Å². The van der Waals surface area contributed by atoms with Gasteiger partial charge in [0.25, 0.3) is 0 Å². The van der Waals surface area contributed by atoms with Gasteiger partial charge in [-0.2, -0.15) is 19.2 Å². The SMILES string of the molecule is CC(N)CC[As](C)O.C[As](O)C(O)CCN.O=C=O.O=C=O. The van der Waals surface area contributed by atoms with Crippen LogP contribution in [0.3, 0.4) is 0 Å². The minimum absolute atomic E-state index is 0.250. The van der Waals surface area contributed by atoms with Crippen molar-refractivity contribution < 1.29 is 32.5 Å². The van der Waals surface area contributed by atoms with Crippen LogP contribution >= 0.6 is 0 Å². The Morgan fingerprint density at radius 1 is 1.05 bits per heavy atom. The Hall–Kier alpha value is -0.323. The smallest absolute Gasteiger partial charge is 0.186 e. The van der Waals surface area contributed by atoms with Crippen LogP contribution in [0.15, 0.2) is 0 Å². The third-order valence-corrected chi connectivity index (χ3v) is 6.02. The molecular weight excluding hydrogens is 422 g/mol. The van der Waals surface area contributed by atoms with E-state index in [1.54, 1.807) is 5.71 Å². The summed E-state index contributed by atoms with van der Waals surface area (Å²) in [5, 5.41) is 9.82. The maximum absolute atomic E-state index is 8.89. The molecule has 0 aliphatic heterocycles. The molecule has 132 valence electrons. The van der Waals surface area contributed by atoms with Crippen LogP contribution in [-0.4, -0.2) is 73.1 Å². The van der Waals surface area contributed by atoms with E-state index in [0.717, 1.165) is 11.6 Å². The van der Waals surface area contributed by atoms with E-state index in [0.29, 0.717) is 13.0 Å². The van der Waals surface area contributed by atoms with Gasteiger partial charge in [-0.15, -0.1) is 0 Å². The number of hydrogen-bond donors (Lipinski definition) is 5. The Balaban J connectivity index is -0.000000109. The van der Waals surface area contributed by atoms with Crippen LogP contribution in [0, 0.1) is 0 Å². The van der Waals surface area contributed by atoms with Crippen molar-refractivity contribution >= 4 is 42.3 Å². The molecule has 0 bridgehead atoms. The van der Waals surface area contributed by atoms with Gasteiger partial charge < -0.3 is 0 Å². The Morgan fingerprint density at radius 3 is 1.50 bits per heavy atom. The molecule has 0 rings (SSSR count). The van der Waals surface area contributed by atoms with Crippen LogP contribution in [0.4, 0.5) is 0 Å². The summed E-state index contributed by atoms with van der Waals surface area (Å²) >= 11 is -3.23. The predicted molar refractivity (Wildman–Crippen MR) is 80.4 cm³/mol. The molecule has 0 radical (unpaired) electrons. The molecule has 4 unspecified atom stereocenters. The molecule has 0 fully saturated rings. The van der Waals surface area contributed by atoms with Gasteiger partial charge in [-0.1, -0.05) is 0 Å². The summed E-state index contributed by atoms with van der Waals surface area (Å²) in [6, 6.07) is 0.263. The van der Waals surface area contributed by atoms with E-state index in [9.17, 15) is 0 Å². The van der Waals surface area contributed by atoms with Gasteiger partial charge in [0.05, 0.1) is 0 Å². The van der Waals surface area contributed by atoms with E-state index in [1.807, 2.05) is 12.6 Å². The second-order valence-corrected chi connectivity index (χ2v) is 11.3. The van der Waals surface area contributed by atoms with E-state index < -0.39 is 34.9 Å². The zero-order chi connectivity index (χ0) is 18.6. The number of aliphatic hydroxyl groups is 1. The third-order valence-electron chi connectivity index (χ3n) is 1.76. The van der Waals surface area contributed by atoms with Crippen LogP contribution in [0.5, 0.6) is 0 Å². The molecule has 9 nitrogen and oxygen atoms in total. The van der Waals surface area contributed by atoms with E-state index in [4.69, 9.17) is 43.9 Å². The molecule has 0 spiro atoms. The molecule has 0 aliphatic rings. The van der Waals surface area contributed by atoms with Gasteiger partial charge in [-0.05, 0) is 0 Å². The zero-order valence-electron chi connectivity index (χ0n) is 13.0. The molecule has 0 aromatic heterocycles. The van der Waals surface area contributed by atoms with Crippen molar-refractivity contribution in [3.63, 3.8) is 0 Å². The van der Waals surface area contributed by atoms with E-state index in [-0.39, 0.29) is 18.3 Å². The first-order chi connectivity index (χ1) is 10.1. The first kappa shape index (κ1) is 29.7. The van der Waals surface area contributed by atoms with Crippen LogP contribution in [0.25, 0.3) is 0 Å². The molecule has 0 saturated carbocycles. The molecule has 0 aromatic carbocycles. The largest absolute Gasteiger partial charge is 0.373 e. The minimum Gasteiger partial charge on any atom is -0.186 e. The average Bonchev–Trinajstić information content (AvgIpc) is 2.39. The molecular formula is C11H26As2N2O7. The number of rotatable bonds is 6. The van der Waals surface area contributed by atoms with Gasteiger partial charge in [-0.3, -0.25) is 0 Å². The van der Waals surface area contributed by atoms with Crippen molar-refractivity contribution in [1.82, 2.24) is 0 Å². The normalized spacial score (nSPS) is 13.8. The van der Waals surface area contributed by atoms with Crippen LogP contribution in [0.2, 0.25) is 16.6 Å². The Bertz CT molecular complexity index is 260. The molecule has 22 heavy (non-hydrogen) atoms. The fourth-order valence-electron chi connectivity index (χ4n) is 0.726. The Kier molecular flexibility index (Phi) is 34.5. The molecule has 4 atom stereocenters. The van der Waals surface area contributed by atoms with Crippen molar-refractivity contribution in [3.8, 4) is 0 Å². The van der Waals surface area contributed by atoms with Crippen molar-refractivity contribution in [3.05, 3.63) is 0 Å². The van der Waals surface area contributed by atoms with Crippen molar-refractivity contribution in [2.75, 3.05) is 6.54 Å². The summed E-state index contributed by atoms with van der Waals surface area (Å²) in [5.74, 6) is 0. The van der Waals surface area contributed by atoms with E-state index in [1.165, 1.54) is 0 Å². The van der Waals surface area contributed by atoms with E-state index >= 15 is 0 Å². The fraction of sp³-hybridized carbons (Fsp3) is 0.818. The molecule has 7 N–H and O–H groups in total. The number of nitrogens with two attached hydrogens (primary N) is 2. The second kappa shape index (κ2) is 25.6. The maximum Gasteiger partial charge on any atom is 0.373 e. The summed E-state index contributed by atoms with van der Waals surface area (Å²) < 4.78 is 17.7. The molecule has 0 aromatic rings. The van der Waals surface area contributed by atoms with Gasteiger partial charge in [0.15, 0.2) is 0 Å². The molecule has 11 heteroatoms. The summed E-state index contributed by atoms with van der Waals surface area (Å²) in [7, 11) is 0. The molecule has 0 saturated heterocycles. The minimum atomic E-state index is -1.86. The van der Waals surface area contributed by atoms with Crippen LogP contribution in [-0.2, 0) is 19.2 Å². The zero-order valence-corrected chi connectivity index (χ0v) is 16.8. The first-order valence-corrected chi connectivity index (χ1v) is 13.9. The summed E-state index contributed by atoms with van der Waals surface area (Å²) in [5.41, 5.74) is 14.2. The first-order valence-electron chi connectivity index (χ1n) is 6.08. The molecule has 0 heterocycles. The summed E-state index contributed by atoms with van der Waals surface area (Å²) in [6.07, 6.45) is 2.01. The van der Waals surface area contributed by atoms with Crippen LogP contribution in [0.1, 0.15) is 19.8 Å². The summed E-state index contributed by atoms with van der Waals surface area (Å²) in [6.45, 7) is 2.43. The van der Waals surface area contributed by atoms with Crippen molar-refractivity contribution in [2.24, 2.45) is 11.5 Å². The van der Waals surface area contributed by atoms with Gasteiger partial charge >= 0.3 is 121 Å². The number of hydrogen-bond acceptors (Lipinski definition) is 9. The Morgan fingerprint density at radius 2 is 1.41 bits per heavy atom. The maximum atomic E-state index is 8.89. The fourth-order valence-corrected chi connectivity index (χ4v) is 3.46. The van der Waals surface area contributed by atoms with E-state index in [2.05, 4.69) is 0 Å². The van der Waals surface area contributed by atoms with Crippen LogP contribution < -0.4 is 11.5 Å². The van der Waals surface area contributed by atoms with Gasteiger partial charge in [0, 0.05) is 0 Å². The number of aliphatic hydroxyl groups excluding tert-OH is 1.